The summed E-state index contributed by atoms with van der Waals surface area (Å²) < 4.78 is 1.81. The summed E-state index contributed by atoms with van der Waals surface area (Å²) in [5.41, 5.74) is 1.92. The number of carbonyl (C=O) groups excluding carboxylic acids is 1. The van der Waals surface area contributed by atoms with Crippen LogP contribution in [-0.4, -0.2) is 43.4 Å². The van der Waals surface area contributed by atoms with Gasteiger partial charge < -0.3 is 10.4 Å². The molecular formula is C16H15N5O3S. The number of carbonyl (C=O) groups is 2. The van der Waals surface area contributed by atoms with Gasteiger partial charge in [-0.25, -0.2) is 0 Å². The van der Waals surface area contributed by atoms with Gasteiger partial charge in [-0.1, -0.05) is 36.0 Å². The molecule has 0 bridgehead atoms. The Balaban J connectivity index is 1.68. The summed E-state index contributed by atoms with van der Waals surface area (Å²) in [7, 11) is 0. The van der Waals surface area contributed by atoms with Crippen molar-refractivity contribution in [1.29, 1.82) is 0 Å². The number of thioether (sulfide) groups is 1. The summed E-state index contributed by atoms with van der Waals surface area (Å²) in [6.45, 7) is 0.609. The van der Waals surface area contributed by atoms with Gasteiger partial charge in [0.15, 0.2) is 5.17 Å². The lowest BCUT2D eigenvalue weighted by Gasteiger charge is -2.05. The molecule has 2 N–H and O–H groups in total. The number of amidine groups is 1. The molecule has 0 spiro atoms. The van der Waals surface area contributed by atoms with Crippen LogP contribution in [0.3, 0.4) is 0 Å². The fraction of sp³-hybridized carbons (Fsp3) is 0.188. The number of rotatable bonds is 6. The van der Waals surface area contributed by atoms with Gasteiger partial charge in [-0.2, -0.15) is 10.2 Å². The van der Waals surface area contributed by atoms with E-state index < -0.39 is 11.2 Å². The zero-order valence-corrected chi connectivity index (χ0v) is 13.9. The highest BCUT2D eigenvalue weighted by molar-refractivity contribution is 8.15. The molecule has 0 aliphatic carbocycles. The normalized spacial score (nSPS) is 18.8. The first-order valence-corrected chi connectivity index (χ1v) is 8.35. The first-order valence-electron chi connectivity index (χ1n) is 7.47. The van der Waals surface area contributed by atoms with Crippen LogP contribution in [0.2, 0.25) is 0 Å². The second-order valence-corrected chi connectivity index (χ2v) is 6.44. The molecule has 1 aromatic carbocycles. The Labute approximate surface area is 147 Å². The first kappa shape index (κ1) is 16.9. The molecule has 25 heavy (non-hydrogen) atoms. The standard InChI is InChI=1S/C16H15N5O3S/c22-14(23)8-13-15(24)19-16(25-13)20-17-9-11-4-1-2-5-12(11)10-21-7-3-6-18-21/h1-7,9,13H,8,10H2,(H,22,23)(H,19,20,24). The molecule has 1 unspecified atom stereocenters. The van der Waals surface area contributed by atoms with E-state index in [9.17, 15) is 9.59 Å². The van der Waals surface area contributed by atoms with Gasteiger partial charge >= 0.3 is 5.97 Å². The highest BCUT2D eigenvalue weighted by Crippen LogP contribution is 2.22. The minimum Gasteiger partial charge on any atom is -0.481 e. The van der Waals surface area contributed by atoms with Crippen molar-refractivity contribution >= 4 is 35.0 Å². The largest absolute Gasteiger partial charge is 0.481 e. The molecule has 9 heteroatoms. The summed E-state index contributed by atoms with van der Waals surface area (Å²) in [6.07, 6.45) is 4.95. The first-order chi connectivity index (χ1) is 12.1. The van der Waals surface area contributed by atoms with Gasteiger partial charge in [-0.3, -0.25) is 14.3 Å². The number of carboxylic acid groups (broad SMARTS) is 1. The lowest BCUT2D eigenvalue weighted by Crippen LogP contribution is -2.26. The molecule has 1 aliphatic heterocycles. The highest BCUT2D eigenvalue weighted by atomic mass is 32.2. The predicted octanol–water partition coefficient (Wildman–Crippen LogP) is 1.33. The summed E-state index contributed by atoms with van der Waals surface area (Å²) in [5.74, 6) is -1.38. The number of hydrogen-bond acceptors (Lipinski definition) is 6. The molecule has 2 heterocycles. The second-order valence-electron chi connectivity index (χ2n) is 5.25. The van der Waals surface area contributed by atoms with E-state index in [2.05, 4.69) is 20.6 Å². The molecule has 3 rings (SSSR count). The average Bonchev–Trinajstić information content (AvgIpc) is 3.19. The molecule has 8 nitrogen and oxygen atoms in total. The van der Waals surface area contributed by atoms with E-state index in [4.69, 9.17) is 5.11 Å². The quantitative estimate of drug-likeness (QED) is 0.599. The number of nitrogens with zero attached hydrogens (tertiary/aromatic N) is 4. The zero-order chi connectivity index (χ0) is 17.6. The van der Waals surface area contributed by atoms with Crippen molar-refractivity contribution in [1.82, 2.24) is 15.1 Å². The molecule has 1 saturated heterocycles. The van der Waals surface area contributed by atoms with Crippen LogP contribution in [0.25, 0.3) is 0 Å². The van der Waals surface area contributed by atoms with E-state index in [0.717, 1.165) is 22.9 Å². The average molecular weight is 357 g/mol. The number of aromatic nitrogens is 2. The van der Waals surface area contributed by atoms with Gasteiger partial charge in [0.25, 0.3) is 0 Å². The van der Waals surface area contributed by atoms with Gasteiger partial charge in [0.05, 0.1) is 19.2 Å². The topological polar surface area (TPSA) is 109 Å². The molecule has 1 amide bonds. The molecule has 0 radical (unpaired) electrons. The molecule has 0 saturated carbocycles. The lowest BCUT2D eigenvalue weighted by molar-refractivity contribution is -0.138. The van der Waals surface area contributed by atoms with E-state index in [1.54, 1.807) is 12.4 Å². The van der Waals surface area contributed by atoms with E-state index >= 15 is 0 Å². The van der Waals surface area contributed by atoms with Crippen LogP contribution < -0.4 is 5.32 Å². The Morgan fingerprint density at radius 2 is 2.24 bits per heavy atom. The Morgan fingerprint density at radius 3 is 3.00 bits per heavy atom. The van der Waals surface area contributed by atoms with Crippen LogP contribution in [0, 0.1) is 0 Å². The van der Waals surface area contributed by atoms with Crippen LogP contribution in [-0.2, 0) is 16.1 Å². The smallest absolute Gasteiger partial charge is 0.305 e. The van der Waals surface area contributed by atoms with Crippen molar-refractivity contribution in [2.45, 2.75) is 18.2 Å². The Kier molecular flexibility index (Phi) is 5.24. The van der Waals surface area contributed by atoms with Crippen LogP contribution in [0.5, 0.6) is 0 Å². The molecular weight excluding hydrogens is 342 g/mol. The maximum Gasteiger partial charge on any atom is 0.305 e. The summed E-state index contributed by atoms with van der Waals surface area (Å²) in [5, 5.41) is 23.1. The fourth-order valence-corrected chi connectivity index (χ4v) is 3.18. The minimum absolute atomic E-state index is 0.244. The molecule has 2 aromatic rings. The van der Waals surface area contributed by atoms with Gasteiger partial charge in [-0.15, -0.1) is 5.10 Å². The summed E-state index contributed by atoms with van der Waals surface area (Å²) in [4.78, 5) is 22.4. The van der Waals surface area contributed by atoms with Gasteiger partial charge in [0.1, 0.15) is 5.25 Å². The van der Waals surface area contributed by atoms with Crippen LogP contribution in [0.15, 0.2) is 52.9 Å². The zero-order valence-electron chi connectivity index (χ0n) is 13.1. The number of carboxylic acids is 1. The number of hydrogen-bond donors (Lipinski definition) is 2. The number of aliphatic carboxylic acids is 1. The van der Waals surface area contributed by atoms with Crippen molar-refractivity contribution in [3.05, 3.63) is 53.9 Å². The third-order valence-electron chi connectivity index (χ3n) is 3.43. The number of amides is 1. The lowest BCUT2D eigenvalue weighted by atomic mass is 10.1. The Hall–Kier alpha value is -2.94. The van der Waals surface area contributed by atoms with Crippen molar-refractivity contribution in [2.75, 3.05) is 0 Å². The van der Waals surface area contributed by atoms with Gasteiger partial charge in [0, 0.05) is 12.4 Å². The van der Waals surface area contributed by atoms with E-state index in [0.29, 0.717) is 11.7 Å². The maximum atomic E-state index is 11.6. The highest BCUT2D eigenvalue weighted by Gasteiger charge is 2.32. The van der Waals surface area contributed by atoms with Crippen LogP contribution in [0.1, 0.15) is 17.5 Å². The van der Waals surface area contributed by atoms with Gasteiger partial charge in [0.2, 0.25) is 5.91 Å². The van der Waals surface area contributed by atoms with Gasteiger partial charge in [-0.05, 0) is 17.2 Å². The fourth-order valence-electron chi connectivity index (χ4n) is 2.26. The van der Waals surface area contributed by atoms with E-state index in [1.807, 2.05) is 41.2 Å². The summed E-state index contributed by atoms with van der Waals surface area (Å²) in [6, 6.07) is 9.58. The maximum absolute atomic E-state index is 11.6. The van der Waals surface area contributed by atoms with E-state index in [1.165, 1.54) is 0 Å². The Morgan fingerprint density at radius 1 is 1.40 bits per heavy atom. The van der Waals surface area contributed by atoms with Crippen molar-refractivity contribution in [2.24, 2.45) is 10.2 Å². The Bertz CT molecular complexity index is 832. The molecule has 1 aromatic heterocycles. The van der Waals surface area contributed by atoms with Crippen molar-refractivity contribution < 1.29 is 14.7 Å². The predicted molar refractivity (Wildman–Crippen MR) is 94.6 cm³/mol. The number of nitrogens with one attached hydrogen (secondary N) is 1. The SMILES string of the molecule is O=C(O)CC1SC(=NN=Cc2ccccc2Cn2cccn2)NC1=O. The van der Waals surface area contributed by atoms with Crippen LogP contribution in [0.4, 0.5) is 0 Å². The molecule has 1 atom stereocenters. The minimum atomic E-state index is -1.02. The third kappa shape index (κ3) is 4.54. The second kappa shape index (κ2) is 7.75. The molecule has 1 fully saturated rings. The van der Waals surface area contributed by atoms with E-state index in [-0.39, 0.29) is 12.3 Å². The molecule has 128 valence electrons. The molecule has 1 aliphatic rings. The van der Waals surface area contributed by atoms with Crippen molar-refractivity contribution in [3.8, 4) is 0 Å². The van der Waals surface area contributed by atoms with Crippen molar-refractivity contribution in [3.63, 3.8) is 0 Å². The third-order valence-corrected chi connectivity index (χ3v) is 4.50. The van der Waals surface area contributed by atoms with Crippen LogP contribution >= 0.6 is 11.8 Å². The summed E-state index contributed by atoms with van der Waals surface area (Å²) >= 11 is 1.07. The number of benzene rings is 1. The monoisotopic (exact) mass is 357 g/mol.